The molecule has 1 aromatic rings. The van der Waals surface area contributed by atoms with Crippen LogP contribution in [0.25, 0.3) is 0 Å². The first-order valence-corrected chi connectivity index (χ1v) is 8.39. The first-order chi connectivity index (χ1) is 11.6. The largest absolute Gasteiger partial charge is 0.482 e. The molecule has 2 amide bonds. The number of amides is 2. The summed E-state index contributed by atoms with van der Waals surface area (Å²) in [7, 11) is 0. The summed E-state index contributed by atoms with van der Waals surface area (Å²) in [4.78, 5) is 29.2. The molecule has 2 atom stereocenters. The highest BCUT2D eigenvalue weighted by atomic mass is 16.5. The van der Waals surface area contributed by atoms with E-state index in [1.807, 2.05) is 4.90 Å². The van der Waals surface area contributed by atoms with Gasteiger partial charge in [-0.1, -0.05) is 0 Å². The first-order valence-electron chi connectivity index (χ1n) is 8.39. The van der Waals surface area contributed by atoms with Crippen molar-refractivity contribution in [3.05, 3.63) is 24.5 Å². The fourth-order valence-corrected chi connectivity index (χ4v) is 3.41. The summed E-state index contributed by atoms with van der Waals surface area (Å²) in [6.07, 6.45) is 6.24. The van der Waals surface area contributed by atoms with Gasteiger partial charge < -0.3 is 20.1 Å². The second kappa shape index (κ2) is 7.61. The van der Waals surface area contributed by atoms with Gasteiger partial charge in [-0.3, -0.25) is 14.6 Å². The molecular formula is C17H23N3O4. The number of primary amides is 1. The summed E-state index contributed by atoms with van der Waals surface area (Å²) in [5, 5.41) is 0. The Kier molecular flexibility index (Phi) is 5.30. The molecule has 0 spiro atoms. The number of nitrogens with zero attached hydrogens (tertiary/aromatic N) is 2. The second-order valence-corrected chi connectivity index (χ2v) is 6.34. The number of pyridine rings is 1. The number of likely N-dealkylation sites (tertiary alicyclic amines) is 1. The molecule has 3 heterocycles. The first kappa shape index (κ1) is 16.7. The topological polar surface area (TPSA) is 94.8 Å². The lowest BCUT2D eigenvalue weighted by Gasteiger charge is -2.34. The number of carbonyl (C=O) groups excluding carboxylic acids is 2. The molecule has 2 aliphatic rings. The summed E-state index contributed by atoms with van der Waals surface area (Å²) in [5.74, 6) is 0.590. The zero-order valence-electron chi connectivity index (χ0n) is 13.6. The van der Waals surface area contributed by atoms with Crippen molar-refractivity contribution in [3.63, 3.8) is 0 Å². The van der Waals surface area contributed by atoms with Crippen LogP contribution in [0, 0.1) is 5.92 Å². The van der Waals surface area contributed by atoms with Crippen molar-refractivity contribution in [2.75, 3.05) is 19.7 Å². The van der Waals surface area contributed by atoms with Gasteiger partial charge >= 0.3 is 0 Å². The molecule has 7 nitrogen and oxygen atoms in total. The Hall–Kier alpha value is -2.15. The Morgan fingerprint density at radius 3 is 2.71 bits per heavy atom. The molecule has 0 saturated carbocycles. The van der Waals surface area contributed by atoms with Gasteiger partial charge in [-0.05, 0) is 43.7 Å². The second-order valence-electron chi connectivity index (χ2n) is 6.34. The van der Waals surface area contributed by atoms with Crippen LogP contribution in [0.5, 0.6) is 5.75 Å². The lowest BCUT2D eigenvalue weighted by Crippen LogP contribution is -2.43. The molecule has 7 heteroatoms. The third-order valence-electron chi connectivity index (χ3n) is 4.78. The third kappa shape index (κ3) is 4.03. The Morgan fingerprint density at radius 1 is 1.29 bits per heavy atom. The van der Waals surface area contributed by atoms with Crippen LogP contribution in [0.1, 0.15) is 25.7 Å². The summed E-state index contributed by atoms with van der Waals surface area (Å²) in [5.41, 5.74) is 5.30. The summed E-state index contributed by atoms with van der Waals surface area (Å²) < 4.78 is 11.2. The molecule has 24 heavy (non-hydrogen) atoms. The summed E-state index contributed by atoms with van der Waals surface area (Å²) in [6.45, 7) is 1.42. The molecule has 2 saturated heterocycles. The maximum atomic E-state index is 12.2. The predicted molar refractivity (Wildman–Crippen MR) is 86.1 cm³/mol. The van der Waals surface area contributed by atoms with Gasteiger partial charge in [0.2, 0.25) is 5.91 Å². The quantitative estimate of drug-likeness (QED) is 0.857. The van der Waals surface area contributed by atoms with E-state index in [1.165, 1.54) is 0 Å². The fraction of sp³-hybridized carbons (Fsp3) is 0.588. The Balaban J connectivity index is 1.42. The minimum Gasteiger partial charge on any atom is -0.482 e. The van der Waals surface area contributed by atoms with Gasteiger partial charge in [0.15, 0.2) is 6.61 Å². The molecule has 130 valence electrons. The van der Waals surface area contributed by atoms with Crippen LogP contribution in [-0.2, 0) is 14.3 Å². The van der Waals surface area contributed by atoms with Gasteiger partial charge in [-0.15, -0.1) is 0 Å². The maximum Gasteiger partial charge on any atom is 0.260 e. The lowest BCUT2D eigenvalue weighted by molar-refractivity contribution is -0.136. The van der Waals surface area contributed by atoms with E-state index in [0.29, 0.717) is 31.2 Å². The van der Waals surface area contributed by atoms with Crippen LogP contribution in [0.3, 0.4) is 0 Å². The van der Waals surface area contributed by atoms with Gasteiger partial charge in [0.05, 0.1) is 12.3 Å². The smallest absolute Gasteiger partial charge is 0.260 e. The van der Waals surface area contributed by atoms with E-state index in [2.05, 4.69) is 4.98 Å². The van der Waals surface area contributed by atoms with Crippen molar-refractivity contribution in [2.45, 2.75) is 37.9 Å². The normalized spacial score (nSPS) is 24.8. The third-order valence-corrected chi connectivity index (χ3v) is 4.78. The van der Waals surface area contributed by atoms with E-state index in [0.717, 1.165) is 19.3 Å². The van der Waals surface area contributed by atoms with Crippen LogP contribution < -0.4 is 10.5 Å². The molecule has 0 aromatic carbocycles. The van der Waals surface area contributed by atoms with Crippen molar-refractivity contribution in [1.82, 2.24) is 9.88 Å². The average Bonchev–Trinajstić information content (AvgIpc) is 3.11. The van der Waals surface area contributed by atoms with Gasteiger partial charge in [0, 0.05) is 19.3 Å². The Morgan fingerprint density at radius 2 is 2.08 bits per heavy atom. The number of aromatic nitrogens is 1. The van der Waals surface area contributed by atoms with E-state index < -0.39 is 6.10 Å². The Labute approximate surface area is 141 Å². The van der Waals surface area contributed by atoms with Crippen molar-refractivity contribution in [2.24, 2.45) is 11.7 Å². The van der Waals surface area contributed by atoms with E-state index >= 15 is 0 Å². The van der Waals surface area contributed by atoms with Crippen LogP contribution in [0.4, 0.5) is 0 Å². The number of nitrogens with two attached hydrogens (primary N) is 1. The van der Waals surface area contributed by atoms with Crippen molar-refractivity contribution in [3.8, 4) is 5.75 Å². The SMILES string of the molecule is NC(=O)[C@H]1CC[C@@H](C2CCN(C(=O)COc3cccnc3)CC2)O1. The van der Waals surface area contributed by atoms with Crippen LogP contribution >= 0.6 is 0 Å². The number of ether oxygens (including phenoxy) is 2. The highest BCUT2D eigenvalue weighted by Crippen LogP contribution is 2.31. The predicted octanol–water partition coefficient (Wildman–Crippen LogP) is 0.732. The molecule has 0 unspecified atom stereocenters. The van der Waals surface area contributed by atoms with E-state index in [4.69, 9.17) is 15.2 Å². The molecule has 2 aliphatic heterocycles. The average molecular weight is 333 g/mol. The molecule has 0 radical (unpaired) electrons. The highest BCUT2D eigenvalue weighted by molar-refractivity contribution is 5.79. The molecule has 0 bridgehead atoms. The van der Waals surface area contributed by atoms with Crippen LogP contribution in [-0.4, -0.2) is 53.6 Å². The molecule has 1 aromatic heterocycles. The maximum absolute atomic E-state index is 12.2. The van der Waals surface area contributed by atoms with Gasteiger partial charge in [0.1, 0.15) is 11.9 Å². The zero-order valence-corrected chi connectivity index (χ0v) is 13.6. The summed E-state index contributed by atoms with van der Waals surface area (Å²) >= 11 is 0. The Bertz CT molecular complexity index is 572. The number of carbonyl (C=O) groups is 2. The number of hydrogen-bond donors (Lipinski definition) is 1. The minimum absolute atomic E-state index is 0.0142. The summed E-state index contributed by atoms with van der Waals surface area (Å²) in [6, 6.07) is 3.55. The van der Waals surface area contributed by atoms with Crippen LogP contribution in [0.2, 0.25) is 0 Å². The standard InChI is InChI=1S/C17H23N3O4/c18-17(22)15-4-3-14(24-15)12-5-8-20(9-6-12)16(21)11-23-13-2-1-7-19-10-13/h1-2,7,10,12,14-15H,3-6,8-9,11H2,(H2,18,22)/t14-,15+/m0/s1. The van der Waals surface area contributed by atoms with Gasteiger partial charge in [-0.25, -0.2) is 0 Å². The number of rotatable bonds is 5. The molecule has 2 N–H and O–H groups in total. The van der Waals surface area contributed by atoms with E-state index in [1.54, 1.807) is 24.5 Å². The highest BCUT2D eigenvalue weighted by Gasteiger charge is 2.36. The van der Waals surface area contributed by atoms with Gasteiger partial charge in [-0.2, -0.15) is 0 Å². The van der Waals surface area contributed by atoms with Crippen molar-refractivity contribution >= 4 is 11.8 Å². The molecule has 0 aliphatic carbocycles. The van der Waals surface area contributed by atoms with E-state index in [-0.39, 0.29) is 24.5 Å². The van der Waals surface area contributed by atoms with Gasteiger partial charge in [0.25, 0.3) is 5.91 Å². The monoisotopic (exact) mass is 333 g/mol. The molecule has 2 fully saturated rings. The van der Waals surface area contributed by atoms with Crippen molar-refractivity contribution < 1.29 is 19.1 Å². The molecule has 3 rings (SSSR count). The fourth-order valence-electron chi connectivity index (χ4n) is 3.41. The zero-order chi connectivity index (χ0) is 16.9. The lowest BCUT2D eigenvalue weighted by atomic mass is 9.89. The van der Waals surface area contributed by atoms with E-state index in [9.17, 15) is 9.59 Å². The van der Waals surface area contributed by atoms with Crippen molar-refractivity contribution in [1.29, 1.82) is 0 Å². The number of hydrogen-bond acceptors (Lipinski definition) is 5. The minimum atomic E-state index is -0.442. The van der Waals surface area contributed by atoms with Crippen LogP contribution in [0.15, 0.2) is 24.5 Å². The number of piperidine rings is 1. The molecular weight excluding hydrogens is 310 g/mol.